The van der Waals surface area contributed by atoms with Crippen LogP contribution in [-0.4, -0.2) is 24.5 Å². The van der Waals surface area contributed by atoms with Gasteiger partial charge in [-0.2, -0.15) is 0 Å². The average Bonchev–Trinajstić information content (AvgIpc) is 2.78. The van der Waals surface area contributed by atoms with Gasteiger partial charge in [0.25, 0.3) is 0 Å². The number of likely N-dealkylation sites (tertiary alicyclic amines) is 1. The highest BCUT2D eigenvalue weighted by atomic mass is 19.1. The summed E-state index contributed by atoms with van der Waals surface area (Å²) >= 11 is 0. The van der Waals surface area contributed by atoms with E-state index in [0.717, 1.165) is 25.2 Å². The summed E-state index contributed by atoms with van der Waals surface area (Å²) in [6.45, 7) is 3.34. The van der Waals surface area contributed by atoms with Crippen molar-refractivity contribution < 1.29 is 4.39 Å². The molecule has 17 heavy (non-hydrogen) atoms. The summed E-state index contributed by atoms with van der Waals surface area (Å²) in [4.78, 5) is 2.34. The molecule has 0 aromatic heterocycles. The number of hydrogen-bond donors (Lipinski definition) is 1. The van der Waals surface area contributed by atoms with Gasteiger partial charge in [-0.1, -0.05) is 11.8 Å². The molecule has 1 aliphatic rings. The van der Waals surface area contributed by atoms with Gasteiger partial charge in [-0.25, -0.2) is 4.39 Å². The highest BCUT2D eigenvalue weighted by Crippen LogP contribution is 2.15. The number of hydrogen-bond acceptors (Lipinski definition) is 2. The maximum Gasteiger partial charge on any atom is 0.124 e. The van der Waals surface area contributed by atoms with E-state index in [0.29, 0.717) is 12.1 Å². The van der Waals surface area contributed by atoms with Crippen LogP contribution >= 0.6 is 0 Å². The first-order valence-corrected chi connectivity index (χ1v) is 5.99. The van der Waals surface area contributed by atoms with Crippen LogP contribution in [0, 0.1) is 17.7 Å². The average molecular weight is 232 g/mol. The molecule has 1 heterocycles. The first-order chi connectivity index (χ1) is 8.28. The fourth-order valence-corrected chi connectivity index (χ4v) is 2.17. The molecule has 1 aromatic carbocycles. The summed E-state index contributed by atoms with van der Waals surface area (Å²) in [7, 11) is 0. The summed E-state index contributed by atoms with van der Waals surface area (Å²) in [5.41, 5.74) is 7.02. The molecule has 0 aliphatic carbocycles. The predicted octanol–water partition coefficient (Wildman–Crippen LogP) is 1.73. The van der Waals surface area contributed by atoms with Crippen LogP contribution in [0.5, 0.6) is 0 Å². The van der Waals surface area contributed by atoms with Crippen LogP contribution in [0.2, 0.25) is 0 Å². The van der Waals surface area contributed by atoms with Gasteiger partial charge in [0.2, 0.25) is 0 Å². The molecule has 1 saturated heterocycles. The number of nitrogens with two attached hydrogens (primary N) is 1. The van der Waals surface area contributed by atoms with Gasteiger partial charge in [0.15, 0.2) is 0 Å². The topological polar surface area (TPSA) is 29.3 Å². The Labute approximate surface area is 102 Å². The van der Waals surface area contributed by atoms with Gasteiger partial charge in [-0.3, -0.25) is 4.90 Å². The highest BCUT2D eigenvalue weighted by Gasteiger charge is 2.12. The number of benzene rings is 1. The lowest BCUT2D eigenvalue weighted by atomic mass is 10.1. The van der Waals surface area contributed by atoms with Crippen LogP contribution in [0.1, 0.15) is 24.0 Å². The number of rotatable bonds is 2. The molecule has 0 radical (unpaired) electrons. The van der Waals surface area contributed by atoms with Crippen molar-refractivity contribution in [2.24, 2.45) is 5.73 Å². The first-order valence-electron chi connectivity index (χ1n) is 5.99. The Morgan fingerprint density at radius 3 is 2.71 bits per heavy atom. The molecular formula is C14H17FN2. The fraction of sp³-hybridized carbons (Fsp3) is 0.429. The number of nitrogens with zero attached hydrogens (tertiary/aromatic N) is 1. The first kappa shape index (κ1) is 12.1. The van der Waals surface area contributed by atoms with Crippen molar-refractivity contribution in [1.29, 1.82) is 0 Å². The van der Waals surface area contributed by atoms with Crippen molar-refractivity contribution in [3.8, 4) is 11.8 Å². The SMILES string of the molecule is NCC#Cc1cc(F)cc(CN2CCCC2)c1. The van der Waals surface area contributed by atoms with Crippen LogP contribution in [0.15, 0.2) is 18.2 Å². The Morgan fingerprint density at radius 1 is 1.24 bits per heavy atom. The standard InChI is InChI=1S/C14H17FN2/c15-14-9-12(4-3-5-16)8-13(10-14)11-17-6-1-2-7-17/h8-10H,1-2,5-7,11,16H2. The third-order valence-corrected chi connectivity index (χ3v) is 2.90. The zero-order chi connectivity index (χ0) is 12.1. The Bertz CT molecular complexity index is 439. The van der Waals surface area contributed by atoms with Gasteiger partial charge < -0.3 is 5.73 Å². The Hall–Kier alpha value is -1.37. The van der Waals surface area contributed by atoms with Gasteiger partial charge in [-0.05, 0) is 49.7 Å². The van der Waals surface area contributed by atoms with E-state index in [2.05, 4.69) is 16.7 Å². The van der Waals surface area contributed by atoms with Gasteiger partial charge >= 0.3 is 0 Å². The van der Waals surface area contributed by atoms with Crippen molar-refractivity contribution in [2.75, 3.05) is 19.6 Å². The van der Waals surface area contributed by atoms with Gasteiger partial charge in [0.1, 0.15) is 5.82 Å². The van der Waals surface area contributed by atoms with Crippen molar-refractivity contribution in [1.82, 2.24) is 4.90 Å². The van der Waals surface area contributed by atoms with Crippen LogP contribution in [0.4, 0.5) is 4.39 Å². The zero-order valence-electron chi connectivity index (χ0n) is 9.88. The van der Waals surface area contributed by atoms with Crippen molar-refractivity contribution in [3.63, 3.8) is 0 Å². The molecule has 0 saturated carbocycles. The molecule has 0 atom stereocenters. The third kappa shape index (κ3) is 3.55. The summed E-state index contributed by atoms with van der Waals surface area (Å²) in [5.74, 6) is 5.41. The van der Waals surface area contributed by atoms with Gasteiger partial charge in [0.05, 0.1) is 6.54 Å². The molecule has 2 nitrogen and oxygen atoms in total. The fourth-order valence-electron chi connectivity index (χ4n) is 2.17. The van der Waals surface area contributed by atoms with E-state index in [1.54, 1.807) is 6.07 Å². The number of halogens is 1. The summed E-state index contributed by atoms with van der Waals surface area (Å²) < 4.78 is 13.4. The summed E-state index contributed by atoms with van der Waals surface area (Å²) in [6.07, 6.45) is 2.49. The van der Waals surface area contributed by atoms with E-state index in [4.69, 9.17) is 5.73 Å². The minimum atomic E-state index is -0.219. The van der Waals surface area contributed by atoms with Crippen LogP contribution < -0.4 is 5.73 Å². The van der Waals surface area contributed by atoms with Crippen molar-refractivity contribution >= 4 is 0 Å². The lowest BCUT2D eigenvalue weighted by Gasteiger charge is -2.14. The van der Waals surface area contributed by atoms with E-state index in [1.807, 2.05) is 6.07 Å². The van der Waals surface area contributed by atoms with E-state index >= 15 is 0 Å². The smallest absolute Gasteiger partial charge is 0.124 e. The van der Waals surface area contributed by atoms with E-state index in [1.165, 1.54) is 18.9 Å². The molecule has 0 amide bonds. The second-order valence-corrected chi connectivity index (χ2v) is 4.34. The highest BCUT2D eigenvalue weighted by molar-refractivity contribution is 5.38. The zero-order valence-corrected chi connectivity index (χ0v) is 9.88. The normalized spacial score (nSPS) is 15.6. The molecule has 90 valence electrons. The molecule has 2 N–H and O–H groups in total. The Balaban J connectivity index is 2.12. The quantitative estimate of drug-likeness (QED) is 0.787. The van der Waals surface area contributed by atoms with Gasteiger partial charge in [0, 0.05) is 12.1 Å². The largest absolute Gasteiger partial charge is 0.320 e. The lowest BCUT2D eigenvalue weighted by molar-refractivity contribution is 0.331. The van der Waals surface area contributed by atoms with E-state index in [9.17, 15) is 4.39 Å². The van der Waals surface area contributed by atoms with E-state index < -0.39 is 0 Å². The Kier molecular flexibility index (Phi) is 4.13. The van der Waals surface area contributed by atoms with Crippen LogP contribution in [0.25, 0.3) is 0 Å². The molecule has 1 aliphatic heterocycles. The van der Waals surface area contributed by atoms with Crippen LogP contribution in [0.3, 0.4) is 0 Å². The molecule has 0 bridgehead atoms. The minimum absolute atomic E-state index is 0.219. The van der Waals surface area contributed by atoms with E-state index in [-0.39, 0.29) is 5.82 Å². The summed E-state index contributed by atoms with van der Waals surface area (Å²) in [6, 6.07) is 4.99. The monoisotopic (exact) mass is 232 g/mol. The molecular weight excluding hydrogens is 215 g/mol. The Morgan fingerprint density at radius 2 is 2.00 bits per heavy atom. The maximum atomic E-state index is 13.4. The maximum absolute atomic E-state index is 13.4. The molecule has 3 heteroatoms. The van der Waals surface area contributed by atoms with Gasteiger partial charge in [-0.15, -0.1) is 0 Å². The molecule has 2 rings (SSSR count). The molecule has 0 unspecified atom stereocenters. The lowest BCUT2D eigenvalue weighted by Crippen LogP contribution is -2.18. The second-order valence-electron chi connectivity index (χ2n) is 4.34. The summed E-state index contributed by atoms with van der Waals surface area (Å²) in [5, 5.41) is 0. The second kappa shape index (κ2) is 5.81. The van der Waals surface area contributed by atoms with Crippen molar-refractivity contribution in [3.05, 3.63) is 35.1 Å². The van der Waals surface area contributed by atoms with Crippen molar-refractivity contribution in [2.45, 2.75) is 19.4 Å². The molecule has 1 fully saturated rings. The van der Waals surface area contributed by atoms with Crippen LogP contribution in [-0.2, 0) is 6.54 Å². The minimum Gasteiger partial charge on any atom is -0.320 e. The molecule has 1 aromatic rings. The predicted molar refractivity (Wildman–Crippen MR) is 66.8 cm³/mol. The molecule has 0 spiro atoms. The third-order valence-electron chi connectivity index (χ3n) is 2.90.